The lowest BCUT2D eigenvalue weighted by Crippen LogP contribution is -2.30. The van der Waals surface area contributed by atoms with Crippen molar-refractivity contribution in [3.05, 3.63) is 58.6 Å². The second kappa shape index (κ2) is 7.88. The Kier molecular flexibility index (Phi) is 6.05. The van der Waals surface area contributed by atoms with E-state index < -0.39 is 27.8 Å². The van der Waals surface area contributed by atoms with Crippen molar-refractivity contribution in [2.45, 2.75) is 24.8 Å². The van der Waals surface area contributed by atoms with Crippen molar-refractivity contribution in [3.63, 3.8) is 0 Å². The molecule has 0 heterocycles. The summed E-state index contributed by atoms with van der Waals surface area (Å²) in [4.78, 5) is 24.4. The van der Waals surface area contributed by atoms with E-state index in [1.807, 2.05) is 13.0 Å². The Hall–Kier alpha value is -2.38. The maximum absolute atomic E-state index is 12.3. The molecule has 0 spiro atoms. The molecule has 2 rings (SSSR count). The summed E-state index contributed by atoms with van der Waals surface area (Å²) in [5, 5.41) is 2.68. The van der Waals surface area contributed by atoms with Crippen molar-refractivity contribution >= 4 is 39.0 Å². The first-order chi connectivity index (χ1) is 12.1. The quantitative estimate of drug-likeness (QED) is 0.785. The van der Waals surface area contributed by atoms with Crippen molar-refractivity contribution in [3.8, 4) is 0 Å². The van der Waals surface area contributed by atoms with Gasteiger partial charge in [-0.25, -0.2) is 13.2 Å². The smallest absolute Gasteiger partial charge is 0.340 e. The van der Waals surface area contributed by atoms with Crippen LogP contribution in [0.3, 0.4) is 0 Å². The molecule has 2 aromatic rings. The number of aryl methyl sites for hydroxylation is 1. The summed E-state index contributed by atoms with van der Waals surface area (Å²) in [5.41, 5.74) is 1.43. The fourth-order valence-corrected chi connectivity index (χ4v) is 2.98. The van der Waals surface area contributed by atoms with Crippen molar-refractivity contribution in [1.82, 2.24) is 0 Å². The van der Waals surface area contributed by atoms with E-state index in [0.717, 1.165) is 17.9 Å². The van der Waals surface area contributed by atoms with Gasteiger partial charge in [0.25, 0.3) is 5.91 Å². The molecular formula is C18H18ClNO5S. The van der Waals surface area contributed by atoms with Crippen LogP contribution in [0.15, 0.2) is 47.4 Å². The first kappa shape index (κ1) is 19.9. The molecule has 0 aliphatic heterocycles. The first-order valence-corrected chi connectivity index (χ1v) is 9.93. The van der Waals surface area contributed by atoms with Crippen LogP contribution in [0.2, 0.25) is 5.02 Å². The van der Waals surface area contributed by atoms with Gasteiger partial charge in [0.05, 0.1) is 15.5 Å². The number of carbonyl (C=O) groups is 2. The lowest BCUT2D eigenvalue weighted by atomic mass is 10.2. The van der Waals surface area contributed by atoms with E-state index in [-0.39, 0.29) is 15.5 Å². The summed E-state index contributed by atoms with van der Waals surface area (Å²) in [6.45, 7) is 3.30. The minimum Gasteiger partial charge on any atom is -0.449 e. The SMILES string of the molecule is Cc1cccc(NC(=O)[C@H](C)OC(=O)c2cc(S(C)(=O)=O)ccc2Cl)c1. The normalized spacial score (nSPS) is 12.3. The number of benzene rings is 2. The van der Waals surface area contributed by atoms with Crippen LogP contribution < -0.4 is 5.32 Å². The summed E-state index contributed by atoms with van der Waals surface area (Å²) in [6, 6.07) is 10.9. The van der Waals surface area contributed by atoms with Crippen LogP contribution in [0.25, 0.3) is 0 Å². The van der Waals surface area contributed by atoms with E-state index in [9.17, 15) is 18.0 Å². The van der Waals surface area contributed by atoms with Gasteiger partial charge in [0.1, 0.15) is 0 Å². The zero-order chi connectivity index (χ0) is 19.5. The third kappa shape index (κ3) is 5.06. The molecule has 138 valence electrons. The molecule has 1 N–H and O–H groups in total. The lowest BCUT2D eigenvalue weighted by molar-refractivity contribution is -0.123. The van der Waals surface area contributed by atoms with Crippen molar-refractivity contribution in [2.24, 2.45) is 0 Å². The maximum atomic E-state index is 12.3. The molecule has 8 heteroatoms. The van der Waals surface area contributed by atoms with E-state index >= 15 is 0 Å². The number of amides is 1. The molecule has 0 aliphatic carbocycles. The first-order valence-electron chi connectivity index (χ1n) is 7.66. The van der Waals surface area contributed by atoms with E-state index in [2.05, 4.69) is 5.32 Å². The molecular weight excluding hydrogens is 378 g/mol. The van der Waals surface area contributed by atoms with Gasteiger partial charge in [0, 0.05) is 11.9 Å². The second-order valence-corrected chi connectivity index (χ2v) is 8.24. The van der Waals surface area contributed by atoms with Crippen LogP contribution in [0.5, 0.6) is 0 Å². The Bertz CT molecular complexity index is 956. The van der Waals surface area contributed by atoms with Crippen LogP contribution in [0.1, 0.15) is 22.8 Å². The molecule has 0 unspecified atom stereocenters. The Morgan fingerprint density at radius 3 is 2.46 bits per heavy atom. The molecule has 2 aromatic carbocycles. The third-order valence-electron chi connectivity index (χ3n) is 3.52. The van der Waals surface area contributed by atoms with Crippen molar-refractivity contribution in [2.75, 3.05) is 11.6 Å². The number of hydrogen-bond donors (Lipinski definition) is 1. The highest BCUT2D eigenvalue weighted by Gasteiger charge is 2.22. The van der Waals surface area contributed by atoms with Gasteiger partial charge in [-0.15, -0.1) is 0 Å². The number of halogens is 1. The molecule has 0 bridgehead atoms. The van der Waals surface area contributed by atoms with Gasteiger partial charge in [-0.1, -0.05) is 23.7 Å². The Labute approximate surface area is 157 Å². The molecule has 26 heavy (non-hydrogen) atoms. The zero-order valence-electron chi connectivity index (χ0n) is 14.4. The topological polar surface area (TPSA) is 89.5 Å². The number of ether oxygens (including phenoxy) is 1. The standard InChI is InChI=1S/C18H18ClNO5S/c1-11-5-4-6-13(9-11)20-17(21)12(2)25-18(22)15-10-14(26(3,23)24)7-8-16(15)19/h4-10,12H,1-3H3,(H,20,21)/t12-/m0/s1. The summed E-state index contributed by atoms with van der Waals surface area (Å²) in [5.74, 6) is -1.40. The number of anilines is 1. The highest BCUT2D eigenvalue weighted by Crippen LogP contribution is 2.22. The van der Waals surface area contributed by atoms with Gasteiger partial charge >= 0.3 is 5.97 Å². The molecule has 0 aromatic heterocycles. The fraction of sp³-hybridized carbons (Fsp3) is 0.222. The average Bonchev–Trinajstić information content (AvgIpc) is 2.53. The second-order valence-electron chi connectivity index (χ2n) is 5.82. The molecule has 0 aliphatic rings. The predicted molar refractivity (Wildman–Crippen MR) is 99.2 cm³/mol. The highest BCUT2D eigenvalue weighted by atomic mass is 35.5. The van der Waals surface area contributed by atoms with Gasteiger partial charge in [0.2, 0.25) is 0 Å². The largest absolute Gasteiger partial charge is 0.449 e. The van der Waals surface area contributed by atoms with Crippen LogP contribution in [-0.2, 0) is 19.4 Å². The van der Waals surface area contributed by atoms with Crippen molar-refractivity contribution < 1.29 is 22.7 Å². The van der Waals surface area contributed by atoms with Crippen LogP contribution in [0.4, 0.5) is 5.69 Å². The third-order valence-corrected chi connectivity index (χ3v) is 4.96. The Morgan fingerprint density at radius 2 is 1.85 bits per heavy atom. The highest BCUT2D eigenvalue weighted by molar-refractivity contribution is 7.90. The molecule has 0 saturated heterocycles. The predicted octanol–water partition coefficient (Wildman–Crippen LogP) is 3.24. The van der Waals surface area contributed by atoms with E-state index in [1.54, 1.807) is 18.2 Å². The molecule has 0 fully saturated rings. The monoisotopic (exact) mass is 395 g/mol. The van der Waals surface area contributed by atoms with E-state index in [1.165, 1.54) is 19.1 Å². The molecule has 1 atom stereocenters. The van der Waals surface area contributed by atoms with Gasteiger partial charge < -0.3 is 10.1 Å². The zero-order valence-corrected chi connectivity index (χ0v) is 16.0. The number of rotatable bonds is 5. The molecule has 6 nitrogen and oxygen atoms in total. The van der Waals surface area contributed by atoms with E-state index in [4.69, 9.17) is 16.3 Å². The number of nitrogens with one attached hydrogen (secondary N) is 1. The van der Waals surface area contributed by atoms with Crippen LogP contribution in [-0.4, -0.2) is 32.7 Å². The van der Waals surface area contributed by atoms with E-state index in [0.29, 0.717) is 5.69 Å². The van der Waals surface area contributed by atoms with Crippen molar-refractivity contribution in [1.29, 1.82) is 0 Å². The fourth-order valence-electron chi connectivity index (χ4n) is 2.14. The number of hydrogen-bond acceptors (Lipinski definition) is 5. The Morgan fingerprint density at radius 1 is 1.15 bits per heavy atom. The molecule has 1 amide bonds. The lowest BCUT2D eigenvalue weighted by Gasteiger charge is -2.14. The van der Waals surface area contributed by atoms with Gasteiger partial charge in [0.15, 0.2) is 15.9 Å². The summed E-state index contributed by atoms with van der Waals surface area (Å²) < 4.78 is 28.4. The summed E-state index contributed by atoms with van der Waals surface area (Å²) >= 11 is 5.96. The van der Waals surface area contributed by atoms with Crippen LogP contribution >= 0.6 is 11.6 Å². The van der Waals surface area contributed by atoms with Crippen LogP contribution in [0, 0.1) is 6.92 Å². The number of esters is 1. The maximum Gasteiger partial charge on any atom is 0.340 e. The number of sulfone groups is 1. The number of carbonyl (C=O) groups excluding carboxylic acids is 2. The Balaban J connectivity index is 2.12. The summed E-state index contributed by atoms with van der Waals surface area (Å²) in [6.07, 6.45) is -0.0792. The average molecular weight is 396 g/mol. The molecule has 0 radical (unpaired) electrons. The van der Waals surface area contributed by atoms with Gasteiger partial charge in [-0.3, -0.25) is 4.79 Å². The minimum atomic E-state index is -3.51. The van der Waals surface area contributed by atoms with Gasteiger partial charge in [-0.2, -0.15) is 0 Å². The molecule has 0 saturated carbocycles. The summed E-state index contributed by atoms with van der Waals surface area (Å²) in [7, 11) is -3.51. The van der Waals surface area contributed by atoms with Gasteiger partial charge in [-0.05, 0) is 49.7 Å². The minimum absolute atomic E-state index is 0.0358.